The first-order chi connectivity index (χ1) is 9.29. The van der Waals surface area contributed by atoms with Gasteiger partial charge in [0.2, 0.25) is 5.91 Å². The average molecular weight is 264 g/mol. The van der Waals surface area contributed by atoms with Crippen LogP contribution in [0.2, 0.25) is 0 Å². The van der Waals surface area contributed by atoms with E-state index in [1.54, 1.807) is 11.0 Å². The maximum absolute atomic E-state index is 12.0. The van der Waals surface area contributed by atoms with Crippen LogP contribution < -0.4 is 5.32 Å². The molecule has 19 heavy (non-hydrogen) atoms. The molecule has 0 radical (unpaired) electrons. The smallest absolute Gasteiger partial charge is 0.222 e. The number of ether oxygens (including phenoxy) is 1. The van der Waals surface area contributed by atoms with Crippen molar-refractivity contribution in [2.75, 3.05) is 6.61 Å². The first-order valence-electron chi connectivity index (χ1n) is 7.03. The number of aryl methyl sites for hydroxylation is 1. The lowest BCUT2D eigenvalue weighted by molar-refractivity contribution is -0.127. The minimum absolute atomic E-state index is 0.101. The maximum Gasteiger partial charge on any atom is 0.222 e. The van der Waals surface area contributed by atoms with E-state index in [9.17, 15) is 4.79 Å². The highest BCUT2D eigenvalue weighted by Gasteiger charge is 2.53. The standard InChI is InChI=1S/C13H20N4O2/c1-2-9-12(10-4-6-19-13(9)10)16-11(18)3-5-17-8-14-7-15-17/h7-10,12-13H,2-6H2,1H3,(H,16,18)/t9-,10+,12-,13-/m1/s1. The van der Waals surface area contributed by atoms with Gasteiger partial charge in [-0.1, -0.05) is 6.92 Å². The molecular formula is C13H20N4O2. The molecule has 1 aliphatic carbocycles. The van der Waals surface area contributed by atoms with Crippen molar-refractivity contribution in [3.8, 4) is 0 Å². The Hall–Kier alpha value is -1.43. The zero-order chi connectivity index (χ0) is 13.2. The predicted molar refractivity (Wildman–Crippen MR) is 68.2 cm³/mol. The molecule has 2 heterocycles. The van der Waals surface area contributed by atoms with Gasteiger partial charge in [-0.2, -0.15) is 5.10 Å². The number of carbonyl (C=O) groups excluding carboxylic acids is 1. The molecule has 6 heteroatoms. The molecule has 1 aliphatic heterocycles. The van der Waals surface area contributed by atoms with Crippen LogP contribution in [0, 0.1) is 11.8 Å². The lowest BCUT2D eigenvalue weighted by Crippen LogP contribution is -2.61. The normalized spacial score (nSPS) is 32.7. The van der Waals surface area contributed by atoms with Crippen molar-refractivity contribution in [3.05, 3.63) is 12.7 Å². The van der Waals surface area contributed by atoms with E-state index in [0.717, 1.165) is 19.4 Å². The maximum atomic E-state index is 12.0. The van der Waals surface area contributed by atoms with Gasteiger partial charge in [0, 0.05) is 30.9 Å². The Morgan fingerprint density at radius 2 is 2.47 bits per heavy atom. The Balaban J connectivity index is 1.49. The van der Waals surface area contributed by atoms with Gasteiger partial charge in [-0.25, -0.2) is 4.98 Å². The molecule has 0 unspecified atom stereocenters. The van der Waals surface area contributed by atoms with Crippen molar-refractivity contribution in [2.24, 2.45) is 11.8 Å². The molecule has 4 atom stereocenters. The van der Waals surface area contributed by atoms with Crippen LogP contribution in [0.3, 0.4) is 0 Å². The van der Waals surface area contributed by atoms with Gasteiger partial charge in [0.25, 0.3) is 0 Å². The molecule has 2 fully saturated rings. The van der Waals surface area contributed by atoms with E-state index in [1.165, 1.54) is 6.33 Å². The fourth-order valence-electron chi connectivity index (χ4n) is 3.35. The zero-order valence-electron chi connectivity index (χ0n) is 11.2. The molecular weight excluding hydrogens is 244 g/mol. The summed E-state index contributed by atoms with van der Waals surface area (Å²) in [5.41, 5.74) is 0. The Morgan fingerprint density at radius 1 is 1.58 bits per heavy atom. The first kappa shape index (κ1) is 12.6. The van der Waals surface area contributed by atoms with Gasteiger partial charge in [-0.05, 0) is 12.8 Å². The predicted octanol–water partition coefficient (Wildman–Crippen LogP) is 0.598. The van der Waals surface area contributed by atoms with Gasteiger partial charge in [-0.3, -0.25) is 9.48 Å². The molecule has 0 aromatic carbocycles. The summed E-state index contributed by atoms with van der Waals surface area (Å²) < 4.78 is 7.39. The Kier molecular flexibility index (Phi) is 3.50. The number of rotatable bonds is 5. The van der Waals surface area contributed by atoms with Gasteiger partial charge in [0.15, 0.2) is 0 Å². The lowest BCUT2D eigenvalue weighted by Gasteiger charge is -2.47. The third-order valence-electron chi connectivity index (χ3n) is 4.36. The van der Waals surface area contributed by atoms with E-state index >= 15 is 0 Å². The van der Waals surface area contributed by atoms with Crippen molar-refractivity contribution in [3.63, 3.8) is 0 Å². The second-order valence-electron chi connectivity index (χ2n) is 5.36. The molecule has 3 rings (SSSR count). The summed E-state index contributed by atoms with van der Waals surface area (Å²) in [5, 5.41) is 7.16. The van der Waals surface area contributed by atoms with Crippen LogP contribution in [0.4, 0.5) is 0 Å². The highest BCUT2D eigenvalue weighted by molar-refractivity contribution is 5.76. The fraction of sp³-hybridized carbons (Fsp3) is 0.769. The number of fused-ring (bicyclic) bond motifs is 1. The molecule has 1 saturated heterocycles. The van der Waals surface area contributed by atoms with Crippen molar-refractivity contribution >= 4 is 5.91 Å². The van der Waals surface area contributed by atoms with Crippen LogP contribution in [-0.2, 0) is 16.1 Å². The molecule has 1 aromatic rings. The zero-order valence-corrected chi connectivity index (χ0v) is 11.2. The third-order valence-corrected chi connectivity index (χ3v) is 4.36. The van der Waals surface area contributed by atoms with Gasteiger partial charge < -0.3 is 10.1 Å². The summed E-state index contributed by atoms with van der Waals surface area (Å²) in [6.45, 7) is 3.59. The minimum Gasteiger partial charge on any atom is -0.377 e. The van der Waals surface area contributed by atoms with E-state index in [0.29, 0.717) is 36.9 Å². The molecule has 104 valence electrons. The first-order valence-corrected chi connectivity index (χ1v) is 7.03. The summed E-state index contributed by atoms with van der Waals surface area (Å²) >= 11 is 0. The van der Waals surface area contributed by atoms with Crippen LogP contribution >= 0.6 is 0 Å². The molecule has 0 spiro atoms. The van der Waals surface area contributed by atoms with E-state index in [2.05, 4.69) is 22.3 Å². The van der Waals surface area contributed by atoms with Gasteiger partial charge in [0.05, 0.1) is 12.6 Å². The monoisotopic (exact) mass is 264 g/mol. The highest BCUT2D eigenvalue weighted by Crippen LogP contribution is 2.45. The van der Waals surface area contributed by atoms with Gasteiger partial charge in [-0.15, -0.1) is 0 Å². The fourth-order valence-corrected chi connectivity index (χ4v) is 3.35. The highest BCUT2D eigenvalue weighted by atomic mass is 16.5. The van der Waals surface area contributed by atoms with Crippen LogP contribution in [0.1, 0.15) is 26.2 Å². The number of hydrogen-bond donors (Lipinski definition) is 1. The van der Waals surface area contributed by atoms with Crippen LogP contribution in [0.5, 0.6) is 0 Å². The van der Waals surface area contributed by atoms with Crippen molar-refractivity contribution in [1.29, 1.82) is 0 Å². The van der Waals surface area contributed by atoms with E-state index < -0.39 is 0 Å². The topological polar surface area (TPSA) is 69.0 Å². The summed E-state index contributed by atoms with van der Waals surface area (Å²) in [4.78, 5) is 15.8. The number of nitrogens with one attached hydrogen (secondary N) is 1. The van der Waals surface area contributed by atoms with Gasteiger partial charge in [0.1, 0.15) is 12.7 Å². The molecule has 0 bridgehead atoms. The average Bonchev–Trinajstić information content (AvgIpc) is 3.04. The Bertz CT molecular complexity index is 434. The van der Waals surface area contributed by atoms with E-state index in [4.69, 9.17) is 4.74 Å². The minimum atomic E-state index is 0.101. The second-order valence-corrected chi connectivity index (χ2v) is 5.36. The van der Waals surface area contributed by atoms with Crippen molar-refractivity contribution in [2.45, 2.75) is 44.9 Å². The summed E-state index contributed by atoms with van der Waals surface area (Å²) in [6.07, 6.45) is 6.09. The SMILES string of the molecule is CC[C@@H]1[C@@H](NC(=O)CCn2cncn2)[C@@H]2CCO[C@H]12. The molecule has 1 N–H and O–H groups in total. The Labute approximate surface area is 112 Å². The van der Waals surface area contributed by atoms with Crippen LogP contribution in [0.25, 0.3) is 0 Å². The quantitative estimate of drug-likeness (QED) is 0.845. The molecule has 1 amide bonds. The number of amides is 1. The van der Waals surface area contributed by atoms with Crippen LogP contribution in [0.15, 0.2) is 12.7 Å². The second kappa shape index (κ2) is 5.28. The van der Waals surface area contributed by atoms with Crippen molar-refractivity contribution < 1.29 is 9.53 Å². The van der Waals surface area contributed by atoms with Gasteiger partial charge >= 0.3 is 0 Å². The van der Waals surface area contributed by atoms with E-state index in [-0.39, 0.29) is 5.91 Å². The summed E-state index contributed by atoms with van der Waals surface area (Å²) in [7, 11) is 0. The molecule has 2 aliphatic rings. The van der Waals surface area contributed by atoms with E-state index in [1.807, 2.05) is 0 Å². The molecule has 1 aromatic heterocycles. The third kappa shape index (κ3) is 2.36. The van der Waals surface area contributed by atoms with Crippen LogP contribution in [-0.4, -0.2) is 39.4 Å². The number of nitrogens with zero attached hydrogens (tertiary/aromatic N) is 3. The molecule has 1 saturated carbocycles. The summed E-state index contributed by atoms with van der Waals surface area (Å²) in [6, 6.07) is 0.306. The molecule has 6 nitrogen and oxygen atoms in total. The number of hydrogen-bond acceptors (Lipinski definition) is 4. The van der Waals surface area contributed by atoms with Crippen molar-refractivity contribution in [1.82, 2.24) is 20.1 Å². The summed E-state index contributed by atoms with van der Waals surface area (Å²) in [5.74, 6) is 1.12. The lowest BCUT2D eigenvalue weighted by atomic mass is 9.65. The number of aromatic nitrogens is 3. The largest absolute Gasteiger partial charge is 0.377 e. The Morgan fingerprint density at radius 3 is 3.21 bits per heavy atom. The number of carbonyl (C=O) groups is 1.